The molecule has 2 heterocycles. The summed E-state index contributed by atoms with van der Waals surface area (Å²) in [6.07, 6.45) is 2.31. The molecule has 0 unspecified atom stereocenters. The molecule has 9 aromatic carbocycles. The number of aryl methyl sites for hydroxylation is 1. The molecule has 0 saturated carbocycles. The van der Waals surface area contributed by atoms with Gasteiger partial charge in [-0.3, -0.25) is 0 Å². The number of rotatable bonds is 6. The quantitative estimate of drug-likeness (QED) is 0.154. The van der Waals surface area contributed by atoms with E-state index in [1.807, 2.05) is 0 Å². The van der Waals surface area contributed by atoms with Crippen LogP contribution in [0.3, 0.4) is 0 Å². The van der Waals surface area contributed by atoms with Crippen molar-refractivity contribution in [1.82, 2.24) is 0 Å². The van der Waals surface area contributed by atoms with Gasteiger partial charge in [-0.1, -0.05) is 177 Å². The zero-order valence-corrected chi connectivity index (χ0v) is 43.9. The smallest absolute Gasteiger partial charge is 0.333 e. The molecule has 2 aliphatic heterocycles. The third-order valence-corrected chi connectivity index (χ3v) is 17.6. The second-order valence-electron chi connectivity index (χ2n) is 23.7. The molecule has 0 saturated heterocycles. The van der Waals surface area contributed by atoms with Crippen molar-refractivity contribution in [3.05, 3.63) is 239 Å². The summed E-state index contributed by atoms with van der Waals surface area (Å²) in [6, 6.07) is 75.9. The predicted octanol–water partition coefficient (Wildman–Crippen LogP) is 17.2. The Morgan fingerprint density at radius 3 is 1.52 bits per heavy atom. The van der Waals surface area contributed by atoms with Crippen LogP contribution in [-0.4, -0.2) is 6.85 Å². The van der Waals surface area contributed by atoms with Crippen molar-refractivity contribution in [2.75, 3.05) is 14.6 Å². The third-order valence-electron chi connectivity index (χ3n) is 17.6. The van der Waals surface area contributed by atoms with Crippen molar-refractivity contribution >= 4 is 63.3 Å². The van der Waals surface area contributed by atoms with Crippen molar-refractivity contribution < 1.29 is 0 Å². The lowest BCUT2D eigenvalue weighted by atomic mass is 9.43. The minimum atomic E-state index is -0.225. The Morgan fingerprint density at radius 2 is 0.918 bits per heavy atom. The van der Waals surface area contributed by atoms with Gasteiger partial charge in [0.2, 0.25) is 0 Å². The SMILES string of the molecule is Cc1cc2c(cc1N1c3cc(N(c4ccccc4)c4ccccc4)ccc3B3c4c(cc(-c5ccccc5)cc41)-c1cc4c(cc1N3c1ccccc1)C(C)(C)c1ccccc1C4(C)C)C(C)(C)CCC2(C)C. The Hall–Kier alpha value is -7.56. The molecule has 0 fully saturated rings. The zero-order chi connectivity index (χ0) is 50.2. The van der Waals surface area contributed by atoms with Crippen LogP contribution < -0.4 is 25.5 Å². The monoisotopic (exact) mass is 946 g/mol. The van der Waals surface area contributed by atoms with Gasteiger partial charge >= 0.3 is 6.85 Å². The second-order valence-corrected chi connectivity index (χ2v) is 23.7. The summed E-state index contributed by atoms with van der Waals surface area (Å²) in [5.74, 6) is 0. The fourth-order valence-corrected chi connectivity index (χ4v) is 13.5. The second kappa shape index (κ2) is 16.2. The number of hydrogen-bond donors (Lipinski definition) is 0. The van der Waals surface area contributed by atoms with E-state index in [1.54, 1.807) is 0 Å². The Kier molecular flexibility index (Phi) is 10.1. The van der Waals surface area contributed by atoms with Crippen LogP contribution in [0.2, 0.25) is 0 Å². The number of anilines is 8. The van der Waals surface area contributed by atoms with Gasteiger partial charge in [-0.05, 0) is 176 Å². The van der Waals surface area contributed by atoms with E-state index in [1.165, 1.54) is 107 Å². The number of benzene rings is 9. The molecule has 3 nitrogen and oxygen atoms in total. The minimum absolute atomic E-state index is 0.0143. The van der Waals surface area contributed by atoms with Crippen molar-refractivity contribution in [1.29, 1.82) is 0 Å². The molecule has 0 radical (unpaired) electrons. The largest absolute Gasteiger partial charge is 0.376 e. The van der Waals surface area contributed by atoms with E-state index in [2.05, 4.69) is 277 Å². The summed E-state index contributed by atoms with van der Waals surface area (Å²) in [4.78, 5) is 7.79. The molecule has 2 aliphatic carbocycles. The van der Waals surface area contributed by atoms with Crippen LogP contribution in [-0.2, 0) is 21.7 Å². The van der Waals surface area contributed by atoms with Crippen LogP contribution in [0.25, 0.3) is 22.3 Å². The number of hydrogen-bond acceptors (Lipinski definition) is 3. The van der Waals surface area contributed by atoms with Gasteiger partial charge < -0.3 is 14.6 Å². The fraction of sp³-hybridized carbons (Fsp3) is 0.217. The molecule has 13 rings (SSSR count). The fourth-order valence-electron chi connectivity index (χ4n) is 13.5. The van der Waals surface area contributed by atoms with E-state index in [-0.39, 0.29) is 28.5 Å². The molecule has 73 heavy (non-hydrogen) atoms. The van der Waals surface area contributed by atoms with E-state index in [0.717, 1.165) is 23.5 Å². The van der Waals surface area contributed by atoms with Crippen LogP contribution in [0.15, 0.2) is 200 Å². The molecule has 0 aromatic heterocycles. The summed E-state index contributed by atoms with van der Waals surface area (Å²) >= 11 is 0. The molecule has 0 N–H and O–H groups in total. The summed E-state index contributed by atoms with van der Waals surface area (Å²) in [5, 5.41) is 0. The van der Waals surface area contributed by atoms with Gasteiger partial charge in [-0.15, -0.1) is 0 Å². The predicted molar refractivity (Wildman–Crippen MR) is 311 cm³/mol. The molecule has 4 aliphatic rings. The van der Waals surface area contributed by atoms with E-state index in [4.69, 9.17) is 0 Å². The van der Waals surface area contributed by atoms with Gasteiger partial charge in [-0.2, -0.15) is 0 Å². The maximum atomic E-state index is 2.70. The highest BCUT2D eigenvalue weighted by Crippen LogP contribution is 2.57. The van der Waals surface area contributed by atoms with Gasteiger partial charge in [0, 0.05) is 61.9 Å². The first-order valence-electron chi connectivity index (χ1n) is 26.5. The molecule has 358 valence electrons. The van der Waals surface area contributed by atoms with Gasteiger partial charge in [-0.25, -0.2) is 0 Å². The maximum absolute atomic E-state index is 2.70. The van der Waals surface area contributed by atoms with Crippen molar-refractivity contribution in [3.63, 3.8) is 0 Å². The number of nitrogens with zero attached hydrogens (tertiary/aromatic N) is 3. The minimum Gasteiger partial charge on any atom is -0.376 e. The normalized spacial score (nSPS) is 16.8. The summed E-state index contributed by atoms with van der Waals surface area (Å²) in [6.45, 7) is 21.8. The highest BCUT2D eigenvalue weighted by atomic mass is 15.2. The Balaban J connectivity index is 1.17. The van der Waals surface area contributed by atoms with Crippen LogP contribution in [0, 0.1) is 6.92 Å². The van der Waals surface area contributed by atoms with Gasteiger partial charge in [0.1, 0.15) is 0 Å². The molecule has 9 aromatic rings. The topological polar surface area (TPSA) is 9.72 Å². The van der Waals surface area contributed by atoms with Crippen molar-refractivity contribution in [3.8, 4) is 22.3 Å². The van der Waals surface area contributed by atoms with E-state index in [9.17, 15) is 0 Å². The lowest BCUT2D eigenvalue weighted by Crippen LogP contribution is -2.61. The van der Waals surface area contributed by atoms with Crippen molar-refractivity contribution in [2.24, 2.45) is 0 Å². The standard InChI is InChI=1S/C69H64BN3/c1-45-38-56-57(67(4,5)37-36-66(56,2)3)43-61(45)72-63-41-51(71(48-26-16-11-17-27-48)49-28-18-12-19-29-49)34-35-60(63)70-65-53(39-47(40-64(65)72)46-24-14-10-15-25-46)52-42-58-59(44-62(52)73(70)50-30-20-13-21-31-50)69(8,9)55-33-23-22-32-54(55)68(58,6)7/h10-35,38-44H,36-37H2,1-9H3. The average molecular weight is 946 g/mol. The number of fused-ring (bicyclic) bond motifs is 7. The molecule has 4 heteroatoms. The Morgan fingerprint density at radius 1 is 0.397 bits per heavy atom. The van der Waals surface area contributed by atoms with Crippen LogP contribution >= 0.6 is 0 Å². The summed E-state index contributed by atoms with van der Waals surface area (Å²) in [7, 11) is 0. The highest BCUT2D eigenvalue weighted by Gasteiger charge is 2.49. The molecule has 0 bridgehead atoms. The summed E-state index contributed by atoms with van der Waals surface area (Å²) < 4.78 is 0. The van der Waals surface area contributed by atoms with Crippen LogP contribution in [0.1, 0.15) is 107 Å². The van der Waals surface area contributed by atoms with Gasteiger partial charge in [0.05, 0.1) is 0 Å². The molecular formula is C69H64BN3. The number of para-hydroxylation sites is 3. The first-order valence-corrected chi connectivity index (χ1v) is 26.5. The van der Waals surface area contributed by atoms with Crippen LogP contribution in [0.5, 0.6) is 0 Å². The highest BCUT2D eigenvalue weighted by molar-refractivity contribution is 6.93. The lowest BCUT2D eigenvalue weighted by molar-refractivity contribution is 0.332. The molecule has 0 atom stereocenters. The molecule has 0 amide bonds. The van der Waals surface area contributed by atoms with E-state index in [0.29, 0.717) is 0 Å². The first-order chi connectivity index (χ1) is 35.1. The van der Waals surface area contributed by atoms with Gasteiger partial charge in [0.15, 0.2) is 0 Å². The van der Waals surface area contributed by atoms with Crippen LogP contribution in [0.4, 0.5) is 45.5 Å². The van der Waals surface area contributed by atoms with Gasteiger partial charge in [0.25, 0.3) is 0 Å². The average Bonchev–Trinajstić information content (AvgIpc) is 3.41. The Bertz CT molecular complexity index is 3610. The maximum Gasteiger partial charge on any atom is 0.333 e. The van der Waals surface area contributed by atoms with E-state index < -0.39 is 0 Å². The molecular weight excluding hydrogens is 882 g/mol. The van der Waals surface area contributed by atoms with Crippen molar-refractivity contribution in [2.45, 2.75) is 96.8 Å². The van der Waals surface area contributed by atoms with E-state index >= 15 is 0 Å². The molecule has 0 spiro atoms. The summed E-state index contributed by atoms with van der Waals surface area (Å²) in [5.41, 5.74) is 26.5. The lowest BCUT2D eigenvalue weighted by Gasteiger charge is -2.49. The Labute approximate surface area is 433 Å². The zero-order valence-electron chi connectivity index (χ0n) is 43.9. The first kappa shape index (κ1) is 45.3. The third kappa shape index (κ3) is 6.86.